The lowest BCUT2D eigenvalue weighted by atomic mass is 10.1. The van der Waals surface area contributed by atoms with Gasteiger partial charge in [-0.2, -0.15) is 0 Å². The molecule has 14 heavy (non-hydrogen) atoms. The van der Waals surface area contributed by atoms with Crippen LogP contribution in [0.15, 0.2) is 12.1 Å². The Morgan fingerprint density at radius 2 is 2.00 bits per heavy atom. The average molecular weight is 214 g/mol. The van der Waals surface area contributed by atoms with Gasteiger partial charge in [0.15, 0.2) is 0 Å². The van der Waals surface area contributed by atoms with Crippen molar-refractivity contribution in [3.05, 3.63) is 28.8 Å². The monoisotopic (exact) mass is 213 g/mol. The third-order valence-electron chi connectivity index (χ3n) is 2.18. The van der Waals surface area contributed by atoms with E-state index < -0.39 is 0 Å². The van der Waals surface area contributed by atoms with Crippen molar-refractivity contribution in [2.45, 2.75) is 19.3 Å². The molecule has 0 saturated carbocycles. The molecule has 0 amide bonds. The van der Waals surface area contributed by atoms with Gasteiger partial charge in [-0.1, -0.05) is 11.6 Å². The number of alkyl halides is 1. The summed E-state index contributed by atoms with van der Waals surface area (Å²) in [5.41, 5.74) is 3.10. The van der Waals surface area contributed by atoms with Gasteiger partial charge in [0.2, 0.25) is 0 Å². The highest BCUT2D eigenvalue weighted by atomic mass is 35.5. The number of aryl methyl sites for hydroxylation is 2. The maximum Gasteiger partial charge on any atom is 0.127 e. The number of ether oxygens (including phenoxy) is 1. The molecule has 0 aliphatic rings. The Morgan fingerprint density at radius 3 is 2.50 bits per heavy atom. The maximum atomic E-state index is 6.13. The first-order chi connectivity index (χ1) is 6.60. The van der Waals surface area contributed by atoms with Gasteiger partial charge in [0.1, 0.15) is 11.3 Å². The van der Waals surface area contributed by atoms with E-state index in [1.807, 2.05) is 20.0 Å². The summed E-state index contributed by atoms with van der Waals surface area (Å²) in [6.07, 6.45) is 0. The summed E-state index contributed by atoms with van der Waals surface area (Å²) in [5.74, 6) is 0.866. The van der Waals surface area contributed by atoms with E-state index >= 15 is 0 Å². The minimum Gasteiger partial charge on any atom is -0.496 e. The van der Waals surface area contributed by atoms with E-state index in [0.29, 0.717) is 0 Å². The molecule has 0 heterocycles. The summed E-state index contributed by atoms with van der Waals surface area (Å²) in [4.78, 5) is 0. The second kappa shape index (κ2) is 4.67. The summed E-state index contributed by atoms with van der Waals surface area (Å²) in [6.45, 7) is 4.07. The minimum atomic E-state index is -0.205. The van der Waals surface area contributed by atoms with Crippen molar-refractivity contribution in [3.8, 4) is 5.75 Å². The molecule has 1 rings (SSSR count). The molecule has 1 atom stereocenters. The number of rotatable bonds is 3. The summed E-state index contributed by atoms with van der Waals surface area (Å²) in [5, 5.41) is 3.00. The van der Waals surface area contributed by atoms with Gasteiger partial charge < -0.3 is 10.1 Å². The van der Waals surface area contributed by atoms with Crippen molar-refractivity contribution in [2.75, 3.05) is 14.2 Å². The molecule has 0 bridgehead atoms. The lowest BCUT2D eigenvalue weighted by Gasteiger charge is -2.16. The topological polar surface area (TPSA) is 21.3 Å². The molecule has 3 heteroatoms. The Labute approximate surface area is 90.2 Å². The van der Waals surface area contributed by atoms with Gasteiger partial charge in [0.25, 0.3) is 0 Å². The van der Waals surface area contributed by atoms with Crippen LogP contribution in [0.1, 0.15) is 22.2 Å². The number of nitrogens with one attached hydrogen (secondary N) is 1. The third-order valence-corrected chi connectivity index (χ3v) is 2.63. The average Bonchev–Trinajstić information content (AvgIpc) is 2.15. The first-order valence-electron chi connectivity index (χ1n) is 4.56. The first kappa shape index (κ1) is 11.3. The van der Waals surface area contributed by atoms with Crippen LogP contribution in [0.4, 0.5) is 0 Å². The normalized spacial score (nSPS) is 12.6. The minimum absolute atomic E-state index is 0.205. The predicted molar refractivity (Wildman–Crippen MR) is 60.1 cm³/mol. The molecule has 0 aromatic heterocycles. The second-order valence-corrected chi connectivity index (χ2v) is 3.79. The van der Waals surface area contributed by atoms with Crippen LogP contribution in [0.25, 0.3) is 0 Å². The maximum absolute atomic E-state index is 6.13. The van der Waals surface area contributed by atoms with Crippen LogP contribution in [0.3, 0.4) is 0 Å². The zero-order valence-corrected chi connectivity index (χ0v) is 9.77. The van der Waals surface area contributed by atoms with E-state index in [1.54, 1.807) is 7.11 Å². The lowest BCUT2D eigenvalue weighted by Crippen LogP contribution is -2.12. The Kier molecular flexibility index (Phi) is 3.78. The van der Waals surface area contributed by atoms with E-state index in [4.69, 9.17) is 16.3 Å². The van der Waals surface area contributed by atoms with E-state index in [-0.39, 0.29) is 5.50 Å². The van der Waals surface area contributed by atoms with Gasteiger partial charge >= 0.3 is 0 Å². The standard InChI is InChI=1S/C11H16ClNO/c1-7-5-8(2)10(14-4)9(6-7)11(12)13-3/h5-6,11,13H,1-4H3. The number of hydrogen-bond donors (Lipinski definition) is 1. The van der Waals surface area contributed by atoms with Crippen LogP contribution in [0, 0.1) is 13.8 Å². The largest absolute Gasteiger partial charge is 0.496 e. The molecule has 0 saturated heterocycles. The molecular weight excluding hydrogens is 198 g/mol. The van der Waals surface area contributed by atoms with Gasteiger partial charge in [0.05, 0.1) is 7.11 Å². The van der Waals surface area contributed by atoms with Crippen molar-refractivity contribution in [2.24, 2.45) is 0 Å². The Bertz CT molecular complexity index is 325. The van der Waals surface area contributed by atoms with E-state index in [0.717, 1.165) is 16.9 Å². The van der Waals surface area contributed by atoms with E-state index in [9.17, 15) is 0 Å². The molecule has 1 N–H and O–H groups in total. The molecule has 0 radical (unpaired) electrons. The second-order valence-electron chi connectivity index (χ2n) is 3.36. The van der Waals surface area contributed by atoms with E-state index in [1.165, 1.54) is 5.56 Å². The van der Waals surface area contributed by atoms with Gasteiger partial charge in [-0.3, -0.25) is 0 Å². The summed E-state index contributed by atoms with van der Waals surface area (Å²) in [6, 6.07) is 4.13. The highest BCUT2D eigenvalue weighted by Gasteiger charge is 2.13. The molecule has 2 nitrogen and oxygen atoms in total. The van der Waals surface area contributed by atoms with Gasteiger partial charge in [-0.05, 0) is 32.5 Å². The summed E-state index contributed by atoms with van der Waals surface area (Å²) in [7, 11) is 3.50. The molecule has 0 spiro atoms. The zero-order valence-electron chi connectivity index (χ0n) is 9.02. The SMILES string of the molecule is CNC(Cl)c1cc(C)cc(C)c1OC. The van der Waals surface area contributed by atoms with Crippen molar-refractivity contribution >= 4 is 11.6 Å². The Hall–Kier alpha value is -0.730. The molecule has 1 aromatic carbocycles. The fraction of sp³-hybridized carbons (Fsp3) is 0.455. The zero-order chi connectivity index (χ0) is 10.7. The van der Waals surface area contributed by atoms with Crippen LogP contribution in [0.5, 0.6) is 5.75 Å². The fourth-order valence-corrected chi connectivity index (χ4v) is 1.77. The van der Waals surface area contributed by atoms with Crippen LogP contribution >= 0.6 is 11.6 Å². The third kappa shape index (κ3) is 2.20. The predicted octanol–water partition coefficient (Wildman–Crippen LogP) is 2.77. The number of methoxy groups -OCH3 is 1. The van der Waals surface area contributed by atoms with Crippen molar-refractivity contribution in [1.29, 1.82) is 0 Å². The molecule has 0 aliphatic carbocycles. The number of halogens is 1. The van der Waals surface area contributed by atoms with Crippen molar-refractivity contribution in [1.82, 2.24) is 5.32 Å². The summed E-state index contributed by atoms with van der Waals surface area (Å²) >= 11 is 6.13. The van der Waals surface area contributed by atoms with Crippen LogP contribution in [-0.2, 0) is 0 Å². The molecule has 0 aliphatic heterocycles. The Balaban J connectivity index is 3.24. The smallest absolute Gasteiger partial charge is 0.127 e. The first-order valence-corrected chi connectivity index (χ1v) is 5.00. The molecular formula is C11H16ClNO. The highest BCUT2D eigenvalue weighted by molar-refractivity contribution is 6.20. The van der Waals surface area contributed by atoms with Gasteiger partial charge in [0, 0.05) is 5.56 Å². The molecule has 0 fully saturated rings. The Morgan fingerprint density at radius 1 is 1.36 bits per heavy atom. The van der Waals surface area contributed by atoms with Gasteiger partial charge in [-0.25, -0.2) is 0 Å². The molecule has 78 valence electrons. The van der Waals surface area contributed by atoms with Crippen LogP contribution in [0.2, 0.25) is 0 Å². The number of benzene rings is 1. The quantitative estimate of drug-likeness (QED) is 0.616. The van der Waals surface area contributed by atoms with Crippen molar-refractivity contribution < 1.29 is 4.74 Å². The molecule has 1 unspecified atom stereocenters. The lowest BCUT2D eigenvalue weighted by molar-refractivity contribution is 0.404. The fourth-order valence-electron chi connectivity index (χ4n) is 1.61. The molecule has 1 aromatic rings. The van der Waals surface area contributed by atoms with Crippen LogP contribution < -0.4 is 10.1 Å². The van der Waals surface area contributed by atoms with Crippen LogP contribution in [-0.4, -0.2) is 14.2 Å². The summed E-state index contributed by atoms with van der Waals surface area (Å²) < 4.78 is 5.33. The van der Waals surface area contributed by atoms with Crippen molar-refractivity contribution in [3.63, 3.8) is 0 Å². The number of hydrogen-bond acceptors (Lipinski definition) is 2. The highest BCUT2D eigenvalue weighted by Crippen LogP contribution is 2.31. The van der Waals surface area contributed by atoms with E-state index in [2.05, 4.69) is 18.3 Å². The van der Waals surface area contributed by atoms with Gasteiger partial charge in [-0.15, -0.1) is 11.6 Å².